The van der Waals surface area contributed by atoms with Crippen molar-refractivity contribution in [2.75, 3.05) is 20.1 Å². The van der Waals surface area contributed by atoms with Gasteiger partial charge in [0.2, 0.25) is 0 Å². The molecular weight excluding hydrogens is 232 g/mol. The number of hydrogen-bond donors (Lipinski definition) is 1. The predicted molar refractivity (Wildman–Crippen MR) is 73.5 cm³/mol. The number of rotatable bonds is 4. The van der Waals surface area contributed by atoms with Crippen molar-refractivity contribution in [3.63, 3.8) is 0 Å². The van der Waals surface area contributed by atoms with Crippen molar-refractivity contribution in [3.05, 3.63) is 34.9 Å². The molecule has 0 saturated carbocycles. The zero-order valence-electron chi connectivity index (χ0n) is 10.6. The summed E-state index contributed by atoms with van der Waals surface area (Å²) in [5, 5.41) is 4.26. The van der Waals surface area contributed by atoms with Crippen molar-refractivity contribution < 1.29 is 0 Å². The Morgan fingerprint density at radius 2 is 2.24 bits per heavy atom. The quantitative estimate of drug-likeness (QED) is 0.886. The molecule has 1 N–H and O–H groups in total. The van der Waals surface area contributed by atoms with E-state index in [4.69, 9.17) is 11.6 Å². The molecule has 3 heteroatoms. The Kier molecular flexibility index (Phi) is 4.43. The molecule has 0 spiro atoms. The molecule has 1 unspecified atom stereocenters. The van der Waals surface area contributed by atoms with Gasteiger partial charge in [-0.15, -0.1) is 0 Å². The highest BCUT2D eigenvalue weighted by Gasteiger charge is 2.28. The molecule has 94 valence electrons. The Morgan fingerprint density at radius 3 is 2.82 bits per heavy atom. The number of likely N-dealkylation sites (tertiary alicyclic amines) is 1. The minimum absolute atomic E-state index is 0.460. The maximum Gasteiger partial charge on any atom is 0.0453 e. The van der Waals surface area contributed by atoms with Crippen LogP contribution in [0.2, 0.25) is 5.02 Å². The van der Waals surface area contributed by atoms with Crippen molar-refractivity contribution in [3.8, 4) is 0 Å². The Hall–Kier alpha value is -0.570. The summed E-state index contributed by atoms with van der Waals surface area (Å²) in [7, 11) is 2.05. The highest BCUT2D eigenvalue weighted by atomic mass is 35.5. The Balaban J connectivity index is 2.15. The summed E-state index contributed by atoms with van der Waals surface area (Å²) in [6.45, 7) is 4.52. The van der Waals surface area contributed by atoms with Crippen LogP contribution in [0.15, 0.2) is 24.3 Å². The van der Waals surface area contributed by atoms with Gasteiger partial charge >= 0.3 is 0 Å². The van der Waals surface area contributed by atoms with Crippen molar-refractivity contribution in [2.24, 2.45) is 0 Å². The fourth-order valence-corrected chi connectivity index (χ4v) is 2.99. The molecular formula is C14H21ClN2. The summed E-state index contributed by atoms with van der Waals surface area (Å²) in [5.41, 5.74) is 1.27. The molecule has 1 heterocycles. The van der Waals surface area contributed by atoms with Crippen LogP contribution in [-0.4, -0.2) is 31.1 Å². The van der Waals surface area contributed by atoms with Gasteiger partial charge in [0.25, 0.3) is 0 Å². The minimum atomic E-state index is 0.460. The third-order valence-corrected chi connectivity index (χ3v) is 4.06. The van der Waals surface area contributed by atoms with Gasteiger partial charge in [0.15, 0.2) is 0 Å². The van der Waals surface area contributed by atoms with Crippen LogP contribution in [0.5, 0.6) is 0 Å². The first-order valence-electron chi connectivity index (χ1n) is 6.42. The van der Waals surface area contributed by atoms with E-state index in [9.17, 15) is 0 Å². The molecule has 1 saturated heterocycles. The fourth-order valence-electron chi connectivity index (χ4n) is 2.73. The van der Waals surface area contributed by atoms with Gasteiger partial charge in [-0.1, -0.05) is 36.7 Å². The van der Waals surface area contributed by atoms with Crippen molar-refractivity contribution in [1.82, 2.24) is 10.2 Å². The molecule has 2 nitrogen and oxygen atoms in total. The molecule has 17 heavy (non-hydrogen) atoms. The number of nitrogens with one attached hydrogen (secondary N) is 1. The van der Waals surface area contributed by atoms with Gasteiger partial charge in [-0.3, -0.25) is 4.90 Å². The lowest BCUT2D eigenvalue weighted by Crippen LogP contribution is -2.32. The second kappa shape index (κ2) is 5.85. The fraction of sp³-hybridized carbons (Fsp3) is 0.571. The van der Waals surface area contributed by atoms with Crippen LogP contribution < -0.4 is 5.32 Å². The molecule has 0 aliphatic carbocycles. The van der Waals surface area contributed by atoms with Crippen LogP contribution in [0.4, 0.5) is 0 Å². The first kappa shape index (κ1) is 12.9. The summed E-state index contributed by atoms with van der Waals surface area (Å²) in [4.78, 5) is 2.54. The second-order valence-electron chi connectivity index (χ2n) is 4.71. The average molecular weight is 253 g/mol. The minimum Gasteiger partial charge on any atom is -0.316 e. The molecule has 0 amide bonds. The summed E-state index contributed by atoms with van der Waals surface area (Å²) in [6, 6.07) is 9.32. The van der Waals surface area contributed by atoms with E-state index in [-0.39, 0.29) is 0 Å². The van der Waals surface area contributed by atoms with Crippen LogP contribution in [0.1, 0.15) is 31.4 Å². The van der Waals surface area contributed by atoms with Crippen molar-refractivity contribution in [2.45, 2.75) is 31.8 Å². The average Bonchev–Trinajstić information content (AvgIpc) is 2.81. The maximum atomic E-state index is 6.30. The number of benzene rings is 1. The molecule has 1 fully saturated rings. The van der Waals surface area contributed by atoms with Crippen molar-refractivity contribution in [1.29, 1.82) is 0 Å². The normalized spacial score (nSPS) is 22.9. The van der Waals surface area contributed by atoms with Gasteiger partial charge in [0, 0.05) is 30.2 Å². The van der Waals surface area contributed by atoms with Crippen LogP contribution >= 0.6 is 11.6 Å². The topological polar surface area (TPSA) is 15.3 Å². The van der Waals surface area contributed by atoms with Gasteiger partial charge in [-0.25, -0.2) is 0 Å². The van der Waals surface area contributed by atoms with E-state index in [0.717, 1.165) is 24.5 Å². The molecule has 0 radical (unpaired) electrons. The molecule has 1 aromatic carbocycles. The third-order valence-electron chi connectivity index (χ3n) is 3.72. The zero-order valence-corrected chi connectivity index (χ0v) is 11.4. The van der Waals surface area contributed by atoms with Gasteiger partial charge < -0.3 is 5.32 Å². The summed E-state index contributed by atoms with van der Waals surface area (Å²) >= 11 is 6.30. The first-order chi connectivity index (χ1) is 8.26. The molecule has 0 bridgehead atoms. The van der Waals surface area contributed by atoms with Crippen LogP contribution in [0.25, 0.3) is 0 Å². The highest BCUT2D eigenvalue weighted by Crippen LogP contribution is 2.32. The van der Waals surface area contributed by atoms with Gasteiger partial charge in [0.1, 0.15) is 0 Å². The lowest BCUT2D eigenvalue weighted by molar-refractivity contribution is 0.234. The number of halogens is 1. The molecule has 0 aromatic heterocycles. The number of likely N-dealkylation sites (N-methyl/N-ethyl adjacent to an activating group) is 1. The van der Waals surface area contributed by atoms with E-state index in [0.29, 0.717) is 12.1 Å². The highest BCUT2D eigenvalue weighted by molar-refractivity contribution is 6.31. The lowest BCUT2D eigenvalue weighted by atomic mass is 10.0. The van der Waals surface area contributed by atoms with E-state index in [2.05, 4.69) is 29.3 Å². The van der Waals surface area contributed by atoms with Crippen LogP contribution in [0, 0.1) is 0 Å². The first-order valence-corrected chi connectivity index (χ1v) is 6.79. The van der Waals surface area contributed by atoms with E-state index in [1.54, 1.807) is 0 Å². The molecule has 1 aromatic rings. The summed E-state index contributed by atoms with van der Waals surface area (Å²) in [5.74, 6) is 0. The molecule has 2 rings (SSSR count). The summed E-state index contributed by atoms with van der Waals surface area (Å²) in [6.07, 6.45) is 2.34. The number of hydrogen-bond acceptors (Lipinski definition) is 2. The predicted octanol–water partition coefficient (Wildman–Crippen LogP) is 3.08. The smallest absolute Gasteiger partial charge is 0.0453 e. The van der Waals surface area contributed by atoms with Crippen molar-refractivity contribution >= 4 is 11.6 Å². The van der Waals surface area contributed by atoms with Gasteiger partial charge in [0.05, 0.1) is 0 Å². The lowest BCUT2D eigenvalue weighted by Gasteiger charge is -2.28. The van der Waals surface area contributed by atoms with Gasteiger partial charge in [-0.05, 0) is 31.5 Å². The Bertz CT molecular complexity index is 367. The Morgan fingerprint density at radius 1 is 1.47 bits per heavy atom. The standard InChI is InChI=1S/C14H21ClN2/c1-3-14(12-6-4-5-7-13(12)15)17-9-8-11(10-17)16-2/h4-7,11,14,16H,3,8-10H2,1-2H3/t11-,14?/m0/s1. The molecule has 1 aliphatic rings. The Labute approximate surface area is 109 Å². The maximum absolute atomic E-state index is 6.30. The van der Waals surface area contributed by atoms with E-state index in [1.807, 2.05) is 19.2 Å². The van der Waals surface area contributed by atoms with Gasteiger partial charge in [-0.2, -0.15) is 0 Å². The monoisotopic (exact) mass is 252 g/mol. The molecule has 2 atom stereocenters. The molecule has 1 aliphatic heterocycles. The SMILES string of the molecule is CCC(c1ccccc1Cl)N1CC[C@H](NC)C1. The summed E-state index contributed by atoms with van der Waals surface area (Å²) < 4.78 is 0. The van der Waals surface area contributed by atoms with E-state index in [1.165, 1.54) is 12.0 Å². The van der Waals surface area contributed by atoms with E-state index < -0.39 is 0 Å². The second-order valence-corrected chi connectivity index (χ2v) is 5.12. The largest absolute Gasteiger partial charge is 0.316 e. The zero-order chi connectivity index (χ0) is 12.3. The van der Waals surface area contributed by atoms with Crippen LogP contribution in [0.3, 0.4) is 0 Å². The third kappa shape index (κ3) is 2.82. The van der Waals surface area contributed by atoms with E-state index >= 15 is 0 Å². The van der Waals surface area contributed by atoms with Crippen LogP contribution in [-0.2, 0) is 0 Å². The number of nitrogens with zero attached hydrogens (tertiary/aromatic N) is 1.